The number of nitrogens with one attached hydrogen (secondary N) is 3. The average Bonchev–Trinajstić information content (AvgIpc) is 2.64. The lowest BCUT2D eigenvalue weighted by Crippen LogP contribution is -2.49. The van der Waals surface area contributed by atoms with Gasteiger partial charge in [0.25, 0.3) is 0 Å². The maximum absolute atomic E-state index is 12.0. The number of piperidine rings is 1. The predicted molar refractivity (Wildman–Crippen MR) is 106 cm³/mol. The van der Waals surface area contributed by atoms with Gasteiger partial charge in [-0.05, 0) is 44.4 Å². The third-order valence-corrected chi connectivity index (χ3v) is 4.52. The number of nitrogens with zero attached hydrogens (tertiary/aromatic N) is 3. The standard InChI is InChI=1S/C19H32N6O/c1-4-11-25-12-8-16(9-13-25)23-19(20-3)21-10-7-18(26)24-17-6-5-15(2)14-22-17/h5-6,14,16H,4,7-13H2,1-3H3,(H2,20,21,23)(H,22,24,26). The number of hydrogen-bond acceptors (Lipinski definition) is 4. The summed E-state index contributed by atoms with van der Waals surface area (Å²) in [6, 6.07) is 4.18. The van der Waals surface area contributed by atoms with E-state index in [1.165, 1.54) is 13.0 Å². The van der Waals surface area contributed by atoms with Crippen LogP contribution >= 0.6 is 0 Å². The van der Waals surface area contributed by atoms with Gasteiger partial charge in [0, 0.05) is 45.3 Å². The normalized spacial score (nSPS) is 16.3. The molecule has 7 heteroatoms. The van der Waals surface area contributed by atoms with Crippen LogP contribution in [0, 0.1) is 6.92 Å². The van der Waals surface area contributed by atoms with E-state index in [0.29, 0.717) is 24.8 Å². The van der Waals surface area contributed by atoms with E-state index in [1.54, 1.807) is 13.2 Å². The van der Waals surface area contributed by atoms with Gasteiger partial charge in [0.15, 0.2) is 5.96 Å². The summed E-state index contributed by atoms with van der Waals surface area (Å²) in [6.45, 7) is 8.18. The molecule has 0 saturated carbocycles. The van der Waals surface area contributed by atoms with E-state index in [1.807, 2.05) is 19.1 Å². The molecular weight excluding hydrogens is 328 g/mol. The van der Waals surface area contributed by atoms with Crippen LogP contribution in [-0.4, -0.2) is 61.0 Å². The van der Waals surface area contributed by atoms with Crippen molar-refractivity contribution in [3.05, 3.63) is 23.9 Å². The highest BCUT2D eigenvalue weighted by Gasteiger charge is 2.19. The molecular formula is C19H32N6O. The molecule has 1 amide bonds. The van der Waals surface area contributed by atoms with Gasteiger partial charge in [-0.3, -0.25) is 9.79 Å². The highest BCUT2D eigenvalue weighted by molar-refractivity contribution is 5.90. The second-order valence-corrected chi connectivity index (χ2v) is 6.78. The molecule has 1 saturated heterocycles. The summed E-state index contributed by atoms with van der Waals surface area (Å²) in [5.41, 5.74) is 1.07. The van der Waals surface area contributed by atoms with Crippen molar-refractivity contribution in [2.45, 2.75) is 45.6 Å². The zero-order valence-electron chi connectivity index (χ0n) is 16.2. The van der Waals surface area contributed by atoms with Crippen molar-refractivity contribution < 1.29 is 4.79 Å². The second kappa shape index (κ2) is 10.8. The fourth-order valence-corrected chi connectivity index (χ4v) is 3.05. The SMILES string of the molecule is CCCN1CCC(NC(=NC)NCCC(=O)Nc2ccc(C)cn2)CC1. The average molecular weight is 361 g/mol. The zero-order chi connectivity index (χ0) is 18.8. The van der Waals surface area contributed by atoms with Crippen LogP contribution in [0.1, 0.15) is 38.2 Å². The van der Waals surface area contributed by atoms with Crippen molar-refractivity contribution in [1.82, 2.24) is 20.5 Å². The Kier molecular flexibility index (Phi) is 8.34. The maximum Gasteiger partial charge on any atom is 0.227 e. The fraction of sp³-hybridized carbons (Fsp3) is 0.632. The first-order chi connectivity index (χ1) is 12.6. The van der Waals surface area contributed by atoms with Gasteiger partial charge in [-0.15, -0.1) is 0 Å². The van der Waals surface area contributed by atoms with Gasteiger partial charge in [-0.25, -0.2) is 4.98 Å². The molecule has 0 spiro atoms. The number of aromatic nitrogens is 1. The Morgan fingerprint density at radius 3 is 2.73 bits per heavy atom. The highest BCUT2D eigenvalue weighted by atomic mass is 16.1. The minimum atomic E-state index is -0.0582. The second-order valence-electron chi connectivity index (χ2n) is 6.78. The molecule has 2 rings (SSSR count). The summed E-state index contributed by atoms with van der Waals surface area (Å²) in [7, 11) is 1.76. The molecule has 1 aromatic rings. The van der Waals surface area contributed by atoms with Gasteiger partial charge in [0.05, 0.1) is 0 Å². The van der Waals surface area contributed by atoms with Crippen molar-refractivity contribution in [3.63, 3.8) is 0 Å². The van der Waals surface area contributed by atoms with Crippen LogP contribution in [0.4, 0.5) is 5.82 Å². The molecule has 1 aliphatic heterocycles. The largest absolute Gasteiger partial charge is 0.356 e. The molecule has 1 aromatic heterocycles. The van der Waals surface area contributed by atoms with Crippen molar-refractivity contribution in [2.75, 3.05) is 38.5 Å². The van der Waals surface area contributed by atoms with E-state index in [9.17, 15) is 4.79 Å². The van der Waals surface area contributed by atoms with Crippen molar-refractivity contribution in [2.24, 2.45) is 4.99 Å². The van der Waals surface area contributed by atoms with Crippen molar-refractivity contribution in [3.8, 4) is 0 Å². The lowest BCUT2D eigenvalue weighted by atomic mass is 10.1. The van der Waals surface area contributed by atoms with Gasteiger partial charge in [-0.1, -0.05) is 13.0 Å². The Morgan fingerprint density at radius 2 is 2.12 bits per heavy atom. The molecule has 0 unspecified atom stereocenters. The third kappa shape index (κ3) is 7.00. The molecule has 0 radical (unpaired) electrons. The van der Waals surface area contributed by atoms with Crippen LogP contribution < -0.4 is 16.0 Å². The van der Waals surface area contributed by atoms with E-state index >= 15 is 0 Å². The number of carbonyl (C=O) groups is 1. The third-order valence-electron chi connectivity index (χ3n) is 4.52. The predicted octanol–water partition coefficient (Wildman–Crippen LogP) is 1.76. The van der Waals surface area contributed by atoms with E-state index in [4.69, 9.17) is 0 Å². The number of amides is 1. The van der Waals surface area contributed by atoms with Crippen LogP contribution in [0.25, 0.3) is 0 Å². The number of carbonyl (C=O) groups excluding carboxylic acids is 1. The Balaban J connectivity index is 1.65. The monoisotopic (exact) mass is 360 g/mol. The quantitative estimate of drug-likeness (QED) is 0.510. The number of anilines is 1. The zero-order valence-corrected chi connectivity index (χ0v) is 16.2. The van der Waals surface area contributed by atoms with E-state index in [0.717, 1.165) is 37.5 Å². The smallest absolute Gasteiger partial charge is 0.227 e. The molecule has 144 valence electrons. The number of pyridine rings is 1. The van der Waals surface area contributed by atoms with Crippen LogP contribution in [0.15, 0.2) is 23.3 Å². The number of rotatable bonds is 7. The first kappa shape index (κ1) is 20.2. The molecule has 26 heavy (non-hydrogen) atoms. The van der Waals surface area contributed by atoms with Gasteiger partial charge >= 0.3 is 0 Å². The number of guanidine groups is 1. The number of aryl methyl sites for hydroxylation is 1. The van der Waals surface area contributed by atoms with Crippen molar-refractivity contribution in [1.29, 1.82) is 0 Å². The van der Waals surface area contributed by atoms with E-state index < -0.39 is 0 Å². The molecule has 3 N–H and O–H groups in total. The molecule has 2 heterocycles. The molecule has 0 bridgehead atoms. The van der Waals surface area contributed by atoms with E-state index in [-0.39, 0.29) is 5.91 Å². The van der Waals surface area contributed by atoms with Crippen LogP contribution in [0.3, 0.4) is 0 Å². The van der Waals surface area contributed by atoms with E-state index in [2.05, 4.69) is 37.8 Å². The lowest BCUT2D eigenvalue weighted by molar-refractivity contribution is -0.116. The maximum atomic E-state index is 12.0. The number of aliphatic imine (C=N–C) groups is 1. The highest BCUT2D eigenvalue weighted by Crippen LogP contribution is 2.10. The van der Waals surface area contributed by atoms with Crippen LogP contribution in [0.5, 0.6) is 0 Å². The summed E-state index contributed by atoms with van der Waals surface area (Å²) in [5, 5.41) is 9.49. The summed E-state index contributed by atoms with van der Waals surface area (Å²) in [6.07, 6.45) is 5.57. The Bertz CT molecular complexity index is 578. The summed E-state index contributed by atoms with van der Waals surface area (Å²) < 4.78 is 0. The van der Waals surface area contributed by atoms with Gasteiger partial charge in [0.1, 0.15) is 5.82 Å². The molecule has 0 atom stereocenters. The summed E-state index contributed by atoms with van der Waals surface area (Å²) in [5.74, 6) is 1.29. The van der Waals surface area contributed by atoms with Crippen LogP contribution in [0.2, 0.25) is 0 Å². The number of hydrogen-bond donors (Lipinski definition) is 3. The van der Waals surface area contributed by atoms with Crippen molar-refractivity contribution >= 4 is 17.7 Å². The number of likely N-dealkylation sites (tertiary alicyclic amines) is 1. The minimum Gasteiger partial charge on any atom is -0.356 e. The summed E-state index contributed by atoms with van der Waals surface area (Å²) in [4.78, 5) is 23.0. The fourth-order valence-electron chi connectivity index (χ4n) is 3.05. The molecule has 0 aromatic carbocycles. The minimum absolute atomic E-state index is 0.0582. The lowest BCUT2D eigenvalue weighted by Gasteiger charge is -2.32. The Morgan fingerprint density at radius 1 is 1.35 bits per heavy atom. The topological polar surface area (TPSA) is 81.6 Å². The first-order valence-corrected chi connectivity index (χ1v) is 9.52. The molecule has 0 aliphatic carbocycles. The molecule has 1 fully saturated rings. The molecule has 1 aliphatic rings. The Labute approximate surface area is 156 Å². The van der Waals surface area contributed by atoms with Crippen LogP contribution in [-0.2, 0) is 4.79 Å². The van der Waals surface area contributed by atoms with Gasteiger partial charge < -0.3 is 20.9 Å². The first-order valence-electron chi connectivity index (χ1n) is 9.52. The summed E-state index contributed by atoms with van der Waals surface area (Å²) >= 11 is 0. The molecule has 7 nitrogen and oxygen atoms in total. The van der Waals surface area contributed by atoms with Gasteiger partial charge in [-0.2, -0.15) is 0 Å². The Hall–Kier alpha value is -2.15. The van der Waals surface area contributed by atoms with Gasteiger partial charge in [0.2, 0.25) is 5.91 Å².